The summed E-state index contributed by atoms with van der Waals surface area (Å²) in [6, 6.07) is 10.4. The van der Waals surface area contributed by atoms with Crippen molar-refractivity contribution in [3.05, 3.63) is 53.1 Å². The van der Waals surface area contributed by atoms with E-state index in [1.165, 1.54) is 19.8 Å². The molecular formula is C21H28N2O5S. The molecule has 1 unspecified atom stereocenters. The fourth-order valence-corrected chi connectivity index (χ4v) is 3.77. The Bertz CT molecular complexity index is 989. The molecule has 0 heterocycles. The normalized spacial score (nSPS) is 12.2. The first-order valence-electron chi connectivity index (χ1n) is 9.13. The third kappa shape index (κ3) is 5.63. The maximum Gasteiger partial charge on any atom is 0.241 e. The second-order valence-corrected chi connectivity index (χ2v) is 8.85. The summed E-state index contributed by atoms with van der Waals surface area (Å²) in [6.07, 6.45) is 1.05. The molecule has 0 aliphatic rings. The molecule has 0 saturated heterocycles. The fraction of sp³-hybridized carbons (Fsp3) is 0.381. The number of amides is 1. The lowest BCUT2D eigenvalue weighted by atomic mass is 10.0. The van der Waals surface area contributed by atoms with Gasteiger partial charge in [0.1, 0.15) is 18.0 Å². The van der Waals surface area contributed by atoms with Gasteiger partial charge in [-0.3, -0.25) is 9.10 Å². The third-order valence-electron chi connectivity index (χ3n) is 4.75. The Morgan fingerprint density at radius 3 is 2.31 bits per heavy atom. The first-order valence-corrected chi connectivity index (χ1v) is 11.0. The van der Waals surface area contributed by atoms with Crippen LogP contribution in [-0.2, 0) is 14.8 Å². The highest BCUT2D eigenvalue weighted by atomic mass is 32.2. The average molecular weight is 421 g/mol. The number of nitrogens with one attached hydrogen (secondary N) is 1. The van der Waals surface area contributed by atoms with Gasteiger partial charge in [0, 0.05) is 6.07 Å². The van der Waals surface area contributed by atoms with Crippen LogP contribution < -0.4 is 19.1 Å². The van der Waals surface area contributed by atoms with Crippen molar-refractivity contribution in [2.24, 2.45) is 0 Å². The summed E-state index contributed by atoms with van der Waals surface area (Å²) in [5.41, 5.74) is 3.52. The number of benzene rings is 2. The van der Waals surface area contributed by atoms with Gasteiger partial charge in [0.2, 0.25) is 15.9 Å². The summed E-state index contributed by atoms with van der Waals surface area (Å²) in [6.45, 7) is 5.53. The monoisotopic (exact) mass is 420 g/mol. The predicted octanol–water partition coefficient (Wildman–Crippen LogP) is 2.96. The minimum Gasteiger partial charge on any atom is -0.497 e. The zero-order valence-electron chi connectivity index (χ0n) is 17.6. The summed E-state index contributed by atoms with van der Waals surface area (Å²) < 4.78 is 36.2. The number of sulfonamides is 1. The molecule has 0 aromatic heterocycles. The molecule has 2 rings (SSSR count). The third-order valence-corrected chi connectivity index (χ3v) is 5.88. The van der Waals surface area contributed by atoms with E-state index in [9.17, 15) is 13.2 Å². The minimum absolute atomic E-state index is 0.263. The Hall–Kier alpha value is -2.74. The lowest BCUT2D eigenvalue weighted by Crippen LogP contribution is -2.41. The molecule has 0 aliphatic carbocycles. The summed E-state index contributed by atoms with van der Waals surface area (Å²) >= 11 is 0. The maximum atomic E-state index is 12.6. The van der Waals surface area contributed by atoms with Crippen LogP contribution in [-0.4, -0.2) is 41.3 Å². The molecule has 7 nitrogen and oxygen atoms in total. The first kappa shape index (κ1) is 22.5. The highest BCUT2D eigenvalue weighted by Crippen LogP contribution is 2.33. The van der Waals surface area contributed by atoms with Gasteiger partial charge < -0.3 is 14.8 Å². The van der Waals surface area contributed by atoms with E-state index >= 15 is 0 Å². The Kier molecular flexibility index (Phi) is 7.13. The number of carbonyl (C=O) groups excluding carboxylic acids is 1. The van der Waals surface area contributed by atoms with Crippen LogP contribution in [0.3, 0.4) is 0 Å². The average Bonchev–Trinajstić information content (AvgIpc) is 2.66. The number of ether oxygens (including phenoxy) is 2. The Morgan fingerprint density at radius 2 is 1.76 bits per heavy atom. The van der Waals surface area contributed by atoms with Crippen LogP contribution in [0.15, 0.2) is 36.4 Å². The van der Waals surface area contributed by atoms with Crippen molar-refractivity contribution in [1.82, 2.24) is 5.32 Å². The quantitative estimate of drug-likeness (QED) is 0.710. The van der Waals surface area contributed by atoms with Crippen molar-refractivity contribution in [3.63, 3.8) is 0 Å². The number of methoxy groups -OCH3 is 2. The van der Waals surface area contributed by atoms with Crippen molar-refractivity contribution < 1.29 is 22.7 Å². The molecule has 0 spiro atoms. The number of nitrogens with zero attached hydrogens (tertiary/aromatic N) is 1. The van der Waals surface area contributed by atoms with Crippen molar-refractivity contribution in [2.45, 2.75) is 26.8 Å². The molecule has 158 valence electrons. The fourth-order valence-electron chi connectivity index (χ4n) is 2.91. The molecule has 0 aliphatic heterocycles. The molecule has 29 heavy (non-hydrogen) atoms. The van der Waals surface area contributed by atoms with Crippen LogP contribution >= 0.6 is 0 Å². The number of carbonyl (C=O) groups is 1. The maximum absolute atomic E-state index is 12.6. The molecule has 2 aromatic carbocycles. The molecule has 1 atom stereocenters. The summed E-state index contributed by atoms with van der Waals surface area (Å²) in [4.78, 5) is 12.6. The molecule has 8 heteroatoms. The van der Waals surface area contributed by atoms with E-state index in [4.69, 9.17) is 9.47 Å². The second kappa shape index (κ2) is 9.17. The van der Waals surface area contributed by atoms with Gasteiger partial charge in [-0.05, 0) is 49.6 Å². The van der Waals surface area contributed by atoms with E-state index in [0.29, 0.717) is 11.5 Å². The second-order valence-electron chi connectivity index (χ2n) is 6.94. The van der Waals surface area contributed by atoms with Gasteiger partial charge in [-0.1, -0.05) is 18.2 Å². The van der Waals surface area contributed by atoms with E-state index in [1.54, 1.807) is 18.2 Å². The number of hydrogen-bond acceptors (Lipinski definition) is 5. The molecule has 2 aromatic rings. The van der Waals surface area contributed by atoms with Crippen LogP contribution in [0.25, 0.3) is 0 Å². The molecule has 1 N–H and O–H groups in total. The van der Waals surface area contributed by atoms with Gasteiger partial charge in [-0.2, -0.15) is 0 Å². The SMILES string of the molecule is COc1ccc(N(CC(=O)NC(C)c2ccc(C)c(C)c2)S(C)(=O)=O)c(OC)c1. The van der Waals surface area contributed by atoms with Gasteiger partial charge in [-0.25, -0.2) is 8.42 Å². The van der Waals surface area contributed by atoms with Crippen molar-refractivity contribution in [1.29, 1.82) is 0 Å². The van der Waals surface area contributed by atoms with E-state index in [1.807, 2.05) is 39.0 Å². The minimum atomic E-state index is -3.73. The van der Waals surface area contributed by atoms with Crippen molar-refractivity contribution >= 4 is 21.6 Å². The number of aryl methyl sites for hydroxylation is 2. The standard InChI is InChI=1S/C21H28N2O5S/c1-14-7-8-17(11-15(14)2)16(3)22-21(24)13-23(29(6,25)26)19-10-9-18(27-4)12-20(19)28-5/h7-12,16H,13H2,1-6H3,(H,22,24). The van der Waals surface area contributed by atoms with E-state index < -0.39 is 15.9 Å². The van der Waals surface area contributed by atoms with Gasteiger partial charge in [0.15, 0.2) is 0 Å². The van der Waals surface area contributed by atoms with Crippen LogP contribution in [0.1, 0.15) is 29.7 Å². The molecule has 1 amide bonds. The van der Waals surface area contributed by atoms with E-state index in [-0.39, 0.29) is 18.3 Å². The summed E-state index contributed by atoms with van der Waals surface area (Å²) in [5.74, 6) is 0.399. The smallest absolute Gasteiger partial charge is 0.241 e. The molecule has 0 radical (unpaired) electrons. The van der Waals surface area contributed by atoms with Crippen molar-refractivity contribution in [2.75, 3.05) is 31.3 Å². The van der Waals surface area contributed by atoms with E-state index in [2.05, 4.69) is 5.32 Å². The van der Waals surface area contributed by atoms with Crippen LogP contribution in [0.4, 0.5) is 5.69 Å². The highest BCUT2D eigenvalue weighted by Gasteiger charge is 2.25. The topological polar surface area (TPSA) is 84.9 Å². The summed E-state index contributed by atoms with van der Waals surface area (Å²) in [7, 11) is -0.791. The highest BCUT2D eigenvalue weighted by molar-refractivity contribution is 7.92. The number of anilines is 1. The lowest BCUT2D eigenvalue weighted by molar-refractivity contribution is -0.120. The zero-order valence-corrected chi connectivity index (χ0v) is 18.5. The molecule has 0 fully saturated rings. The number of rotatable bonds is 8. The van der Waals surface area contributed by atoms with Crippen molar-refractivity contribution in [3.8, 4) is 11.5 Å². The Labute approximate surface area is 172 Å². The first-order chi connectivity index (χ1) is 13.6. The summed E-state index contributed by atoms with van der Waals surface area (Å²) in [5, 5.41) is 2.86. The van der Waals surface area contributed by atoms with E-state index in [0.717, 1.165) is 21.7 Å². The Balaban J connectivity index is 2.25. The van der Waals surface area contributed by atoms with Gasteiger partial charge in [0.05, 0.1) is 32.2 Å². The Morgan fingerprint density at radius 1 is 1.07 bits per heavy atom. The van der Waals surface area contributed by atoms with Crippen LogP contribution in [0, 0.1) is 13.8 Å². The predicted molar refractivity (Wildman–Crippen MR) is 114 cm³/mol. The van der Waals surface area contributed by atoms with Crippen LogP contribution in [0.5, 0.6) is 11.5 Å². The largest absolute Gasteiger partial charge is 0.497 e. The van der Waals surface area contributed by atoms with Crippen LogP contribution in [0.2, 0.25) is 0 Å². The van der Waals surface area contributed by atoms with Gasteiger partial charge in [-0.15, -0.1) is 0 Å². The molecule has 0 bridgehead atoms. The lowest BCUT2D eigenvalue weighted by Gasteiger charge is -2.25. The molecule has 0 saturated carbocycles. The molecular weight excluding hydrogens is 392 g/mol. The zero-order chi connectivity index (χ0) is 21.8. The van der Waals surface area contributed by atoms with Gasteiger partial charge in [0.25, 0.3) is 0 Å². The van der Waals surface area contributed by atoms with Gasteiger partial charge >= 0.3 is 0 Å². The number of hydrogen-bond donors (Lipinski definition) is 1.